The first-order chi connectivity index (χ1) is 9.91. The molecule has 8 heteroatoms. The highest BCUT2D eigenvalue weighted by Gasteiger charge is 2.00. The topological polar surface area (TPSA) is 149 Å². The van der Waals surface area contributed by atoms with E-state index in [2.05, 4.69) is 0 Å². The van der Waals surface area contributed by atoms with Gasteiger partial charge in [-0.15, -0.1) is 0 Å². The van der Waals surface area contributed by atoms with Gasteiger partial charge in [0.05, 0.1) is 11.8 Å². The molecule has 0 radical (unpaired) electrons. The maximum Gasteiger partial charge on any atom is 0.305 e. The van der Waals surface area contributed by atoms with Gasteiger partial charge in [0, 0.05) is 12.8 Å². The number of carbonyl (C=O) groups is 4. The zero-order chi connectivity index (χ0) is 18.3. The Labute approximate surface area is 129 Å². The predicted molar refractivity (Wildman–Crippen MR) is 78.7 cm³/mol. The summed E-state index contributed by atoms with van der Waals surface area (Å²) in [6.07, 6.45) is 1.02. The van der Waals surface area contributed by atoms with Crippen molar-refractivity contribution in [3.8, 4) is 0 Å². The Morgan fingerprint density at radius 2 is 0.818 bits per heavy atom. The van der Waals surface area contributed by atoms with E-state index in [1.165, 1.54) is 0 Å². The van der Waals surface area contributed by atoms with Crippen molar-refractivity contribution in [3.63, 3.8) is 0 Å². The lowest BCUT2D eigenvalue weighted by molar-refractivity contribution is -0.141. The van der Waals surface area contributed by atoms with Crippen molar-refractivity contribution < 1.29 is 39.6 Å². The number of carboxylic acids is 4. The molecule has 0 atom stereocenters. The van der Waals surface area contributed by atoms with Gasteiger partial charge in [-0.1, -0.05) is 27.7 Å². The summed E-state index contributed by atoms with van der Waals surface area (Å²) in [4.78, 5) is 39.2. The monoisotopic (exact) mass is 322 g/mol. The lowest BCUT2D eigenvalue weighted by Crippen LogP contribution is -2.03. The molecule has 0 aromatic heterocycles. The van der Waals surface area contributed by atoms with E-state index in [1.807, 2.05) is 0 Å². The van der Waals surface area contributed by atoms with Crippen molar-refractivity contribution in [1.82, 2.24) is 0 Å². The first-order valence-electron chi connectivity index (χ1n) is 6.80. The third-order valence-electron chi connectivity index (χ3n) is 2.02. The van der Waals surface area contributed by atoms with Crippen LogP contribution >= 0.6 is 0 Å². The van der Waals surface area contributed by atoms with Crippen LogP contribution in [0.1, 0.15) is 53.4 Å². The minimum atomic E-state index is -0.870. The summed E-state index contributed by atoms with van der Waals surface area (Å²) in [5.74, 6) is -3.68. The maximum absolute atomic E-state index is 9.90. The van der Waals surface area contributed by atoms with E-state index < -0.39 is 23.9 Å². The molecule has 4 N–H and O–H groups in total. The van der Waals surface area contributed by atoms with Gasteiger partial charge in [0.25, 0.3) is 0 Å². The van der Waals surface area contributed by atoms with Crippen LogP contribution in [0.5, 0.6) is 0 Å². The van der Waals surface area contributed by atoms with Gasteiger partial charge in [-0.05, 0) is 12.8 Å². The second-order valence-electron chi connectivity index (χ2n) is 4.98. The van der Waals surface area contributed by atoms with Crippen molar-refractivity contribution in [2.45, 2.75) is 53.4 Å². The third kappa shape index (κ3) is 30.7. The minimum absolute atomic E-state index is 0.0628. The van der Waals surface area contributed by atoms with Gasteiger partial charge in [-0.3, -0.25) is 19.2 Å². The normalized spacial score (nSPS) is 9.18. The molecule has 0 heterocycles. The molecule has 0 amide bonds. The highest BCUT2D eigenvalue weighted by molar-refractivity contribution is 5.69. The van der Waals surface area contributed by atoms with Crippen molar-refractivity contribution in [1.29, 1.82) is 0 Å². The molecule has 0 saturated carbocycles. The van der Waals surface area contributed by atoms with Gasteiger partial charge >= 0.3 is 23.9 Å². The lowest BCUT2D eigenvalue weighted by Gasteiger charge is -1.92. The van der Waals surface area contributed by atoms with E-state index in [4.69, 9.17) is 20.4 Å². The molecule has 0 aliphatic rings. The Bertz CT molecular complexity index is 313. The van der Waals surface area contributed by atoms with E-state index in [0.29, 0.717) is 12.8 Å². The second-order valence-corrected chi connectivity index (χ2v) is 4.98. The fraction of sp³-hybridized carbons (Fsp3) is 0.714. The van der Waals surface area contributed by atoms with Crippen LogP contribution in [-0.4, -0.2) is 44.3 Å². The van der Waals surface area contributed by atoms with Gasteiger partial charge in [-0.25, -0.2) is 0 Å². The van der Waals surface area contributed by atoms with Crippen LogP contribution < -0.4 is 0 Å². The fourth-order valence-corrected chi connectivity index (χ4v) is 0.552. The largest absolute Gasteiger partial charge is 0.481 e. The van der Waals surface area contributed by atoms with Gasteiger partial charge < -0.3 is 20.4 Å². The summed E-state index contributed by atoms with van der Waals surface area (Å²) in [6.45, 7) is 6.56. The fourth-order valence-electron chi connectivity index (χ4n) is 0.552. The number of unbranched alkanes of at least 4 members (excludes halogenated alkanes) is 1. The standard InChI is InChI=1S/C6H10O4.2C4H8O2/c7-5(8)3-1-2-4-6(9)10;2*1-3(2)4(5)6/h1-4H2,(H,7,8)(H,9,10);2*3H,1-2H3,(H,5,6). The summed E-state index contributed by atoms with van der Waals surface area (Å²) >= 11 is 0. The molecule has 0 rings (SSSR count). The number of aliphatic carboxylic acids is 4. The van der Waals surface area contributed by atoms with Crippen molar-refractivity contribution in [2.24, 2.45) is 11.8 Å². The number of rotatable bonds is 7. The Morgan fingerprint density at radius 3 is 0.909 bits per heavy atom. The summed E-state index contributed by atoms with van der Waals surface area (Å²) in [5.41, 5.74) is 0. The molecular weight excluding hydrogens is 296 g/mol. The van der Waals surface area contributed by atoms with Gasteiger partial charge in [0.1, 0.15) is 0 Å². The number of hydrogen-bond acceptors (Lipinski definition) is 4. The molecular formula is C14H26O8. The van der Waals surface area contributed by atoms with Crippen LogP contribution in [0, 0.1) is 11.8 Å². The van der Waals surface area contributed by atoms with Crippen molar-refractivity contribution in [2.75, 3.05) is 0 Å². The zero-order valence-electron chi connectivity index (χ0n) is 13.4. The summed E-state index contributed by atoms with van der Waals surface area (Å²) in [7, 11) is 0. The first-order valence-corrected chi connectivity index (χ1v) is 6.80. The second kappa shape index (κ2) is 15.3. The predicted octanol–water partition coefficient (Wildman–Crippen LogP) is 2.17. The van der Waals surface area contributed by atoms with E-state index in [9.17, 15) is 19.2 Å². The van der Waals surface area contributed by atoms with Crippen LogP contribution in [0.15, 0.2) is 0 Å². The average Bonchev–Trinajstić information content (AvgIpc) is 2.35. The summed E-state index contributed by atoms with van der Waals surface area (Å²) in [6, 6.07) is 0. The lowest BCUT2D eigenvalue weighted by atomic mass is 10.2. The highest BCUT2D eigenvalue weighted by atomic mass is 16.4. The van der Waals surface area contributed by atoms with Crippen molar-refractivity contribution >= 4 is 23.9 Å². The Kier molecular flexibility index (Phi) is 17.3. The molecule has 130 valence electrons. The molecule has 0 aromatic rings. The first kappa shape index (κ1) is 24.9. The molecule has 0 saturated heterocycles. The Morgan fingerprint density at radius 1 is 0.636 bits per heavy atom. The Hall–Kier alpha value is -2.12. The molecule has 22 heavy (non-hydrogen) atoms. The number of hydrogen-bond donors (Lipinski definition) is 4. The SMILES string of the molecule is CC(C)C(=O)O.CC(C)C(=O)O.O=C(O)CCCCC(=O)O. The molecule has 0 unspecified atom stereocenters. The molecule has 0 fully saturated rings. The van der Waals surface area contributed by atoms with E-state index >= 15 is 0 Å². The third-order valence-corrected chi connectivity index (χ3v) is 2.02. The van der Waals surface area contributed by atoms with E-state index in [1.54, 1.807) is 27.7 Å². The van der Waals surface area contributed by atoms with E-state index in [0.717, 1.165) is 0 Å². The van der Waals surface area contributed by atoms with Crippen LogP contribution in [0.2, 0.25) is 0 Å². The molecule has 0 aliphatic carbocycles. The van der Waals surface area contributed by atoms with E-state index in [-0.39, 0.29) is 24.7 Å². The molecule has 0 aromatic carbocycles. The molecule has 0 bridgehead atoms. The van der Waals surface area contributed by atoms with Gasteiger partial charge in [0.2, 0.25) is 0 Å². The summed E-state index contributed by atoms with van der Waals surface area (Å²) in [5, 5.41) is 32.2. The Balaban J connectivity index is -0.000000261. The van der Waals surface area contributed by atoms with Crippen LogP contribution in [0.4, 0.5) is 0 Å². The van der Waals surface area contributed by atoms with Crippen LogP contribution in [0.3, 0.4) is 0 Å². The van der Waals surface area contributed by atoms with Gasteiger partial charge in [0.15, 0.2) is 0 Å². The zero-order valence-corrected chi connectivity index (χ0v) is 13.4. The smallest absolute Gasteiger partial charge is 0.305 e. The molecule has 0 aliphatic heterocycles. The molecule has 0 spiro atoms. The minimum Gasteiger partial charge on any atom is -0.481 e. The maximum atomic E-state index is 9.90. The number of carboxylic acid groups (broad SMARTS) is 4. The summed E-state index contributed by atoms with van der Waals surface area (Å²) < 4.78 is 0. The highest BCUT2D eigenvalue weighted by Crippen LogP contribution is 1.98. The molecule has 8 nitrogen and oxygen atoms in total. The quantitative estimate of drug-likeness (QED) is 0.521. The van der Waals surface area contributed by atoms with Crippen LogP contribution in [0.25, 0.3) is 0 Å². The average molecular weight is 322 g/mol. The van der Waals surface area contributed by atoms with Crippen molar-refractivity contribution in [3.05, 3.63) is 0 Å². The van der Waals surface area contributed by atoms with Crippen LogP contribution in [-0.2, 0) is 19.2 Å². The van der Waals surface area contributed by atoms with Gasteiger partial charge in [-0.2, -0.15) is 0 Å².